The topological polar surface area (TPSA) is 9.23 Å². The van der Waals surface area contributed by atoms with Crippen molar-refractivity contribution in [3.05, 3.63) is 63.9 Å². The second-order valence-electron chi connectivity index (χ2n) is 4.76. The van der Waals surface area contributed by atoms with Gasteiger partial charge in [-0.3, -0.25) is 0 Å². The van der Waals surface area contributed by atoms with Crippen molar-refractivity contribution >= 4 is 15.9 Å². The summed E-state index contributed by atoms with van der Waals surface area (Å²) in [6.45, 7) is 4.82. The SMILES string of the molecule is CC(C)c1ccc(COc2ccc(F)c(Br)c2)cc1. The fourth-order valence-electron chi connectivity index (χ4n) is 1.73. The van der Waals surface area contributed by atoms with E-state index in [-0.39, 0.29) is 5.82 Å². The molecule has 2 aromatic carbocycles. The van der Waals surface area contributed by atoms with Crippen LogP contribution in [0.1, 0.15) is 30.9 Å². The zero-order valence-corrected chi connectivity index (χ0v) is 12.6. The van der Waals surface area contributed by atoms with Crippen LogP contribution in [-0.4, -0.2) is 0 Å². The van der Waals surface area contributed by atoms with E-state index < -0.39 is 0 Å². The third-order valence-electron chi connectivity index (χ3n) is 2.94. The fraction of sp³-hybridized carbons (Fsp3) is 0.250. The van der Waals surface area contributed by atoms with Crippen molar-refractivity contribution < 1.29 is 9.13 Å². The molecule has 0 saturated heterocycles. The first-order valence-electron chi connectivity index (χ1n) is 6.23. The molecule has 1 nitrogen and oxygen atoms in total. The first-order valence-corrected chi connectivity index (χ1v) is 7.02. The van der Waals surface area contributed by atoms with E-state index in [0.29, 0.717) is 22.7 Å². The van der Waals surface area contributed by atoms with Crippen molar-refractivity contribution in [3.8, 4) is 5.75 Å². The minimum Gasteiger partial charge on any atom is -0.489 e. The summed E-state index contributed by atoms with van der Waals surface area (Å²) in [5, 5.41) is 0. The molecule has 0 fully saturated rings. The standard InChI is InChI=1S/C16H16BrFO/c1-11(2)13-5-3-12(4-6-13)10-19-14-7-8-16(18)15(17)9-14/h3-9,11H,10H2,1-2H3. The Labute approximate surface area is 121 Å². The molecular formula is C16H16BrFO. The van der Waals surface area contributed by atoms with Crippen LogP contribution >= 0.6 is 15.9 Å². The van der Waals surface area contributed by atoms with Gasteiger partial charge in [0.15, 0.2) is 0 Å². The van der Waals surface area contributed by atoms with E-state index in [1.807, 2.05) is 0 Å². The Morgan fingerprint density at radius 3 is 2.37 bits per heavy atom. The monoisotopic (exact) mass is 322 g/mol. The van der Waals surface area contributed by atoms with Gasteiger partial charge in [-0.25, -0.2) is 4.39 Å². The predicted molar refractivity (Wildman–Crippen MR) is 79.0 cm³/mol. The molecule has 100 valence electrons. The first-order chi connectivity index (χ1) is 9.06. The molecule has 0 radical (unpaired) electrons. The van der Waals surface area contributed by atoms with Crippen LogP contribution in [0.5, 0.6) is 5.75 Å². The third-order valence-corrected chi connectivity index (χ3v) is 3.55. The van der Waals surface area contributed by atoms with Gasteiger partial charge in [0.05, 0.1) is 4.47 Å². The molecule has 0 heterocycles. The van der Waals surface area contributed by atoms with E-state index in [4.69, 9.17) is 4.74 Å². The van der Waals surface area contributed by atoms with Gasteiger partial charge in [0, 0.05) is 0 Å². The largest absolute Gasteiger partial charge is 0.489 e. The molecule has 2 rings (SSSR count). The Morgan fingerprint density at radius 1 is 1.11 bits per heavy atom. The molecule has 0 aliphatic carbocycles. The van der Waals surface area contributed by atoms with Crippen molar-refractivity contribution in [1.29, 1.82) is 0 Å². The van der Waals surface area contributed by atoms with Crippen molar-refractivity contribution in [1.82, 2.24) is 0 Å². The lowest BCUT2D eigenvalue weighted by molar-refractivity contribution is 0.305. The van der Waals surface area contributed by atoms with Gasteiger partial charge in [0.25, 0.3) is 0 Å². The van der Waals surface area contributed by atoms with E-state index >= 15 is 0 Å². The molecule has 0 spiro atoms. The van der Waals surface area contributed by atoms with Crippen LogP contribution in [0.4, 0.5) is 4.39 Å². The number of benzene rings is 2. The molecule has 2 aromatic rings. The second-order valence-corrected chi connectivity index (χ2v) is 5.62. The second kappa shape index (κ2) is 6.20. The number of halogens is 2. The maximum absolute atomic E-state index is 13.1. The summed E-state index contributed by atoms with van der Waals surface area (Å²) in [6.07, 6.45) is 0. The van der Waals surface area contributed by atoms with Crippen LogP contribution in [0.3, 0.4) is 0 Å². The summed E-state index contributed by atoms with van der Waals surface area (Å²) in [5.41, 5.74) is 2.41. The molecule has 0 aromatic heterocycles. The smallest absolute Gasteiger partial charge is 0.137 e. The summed E-state index contributed by atoms with van der Waals surface area (Å²) in [4.78, 5) is 0. The fourth-order valence-corrected chi connectivity index (χ4v) is 2.09. The Balaban J connectivity index is 2.00. The Kier molecular flexibility index (Phi) is 4.59. The lowest BCUT2D eigenvalue weighted by atomic mass is 10.0. The van der Waals surface area contributed by atoms with Crippen LogP contribution in [-0.2, 0) is 6.61 Å². The third kappa shape index (κ3) is 3.80. The minimum atomic E-state index is -0.284. The summed E-state index contributed by atoms with van der Waals surface area (Å²) in [5.74, 6) is 0.901. The van der Waals surface area contributed by atoms with Crippen LogP contribution in [0.25, 0.3) is 0 Å². The van der Waals surface area contributed by atoms with Gasteiger partial charge in [0.2, 0.25) is 0 Å². The van der Waals surface area contributed by atoms with Gasteiger partial charge in [-0.05, 0) is 51.2 Å². The predicted octanol–water partition coefficient (Wildman–Crippen LogP) is 5.29. The number of rotatable bonds is 4. The first kappa shape index (κ1) is 14.1. The molecule has 0 atom stereocenters. The Morgan fingerprint density at radius 2 is 1.79 bits per heavy atom. The molecule has 0 amide bonds. The molecule has 19 heavy (non-hydrogen) atoms. The zero-order valence-electron chi connectivity index (χ0n) is 11.0. The molecule has 0 saturated carbocycles. The maximum Gasteiger partial charge on any atom is 0.137 e. The van der Waals surface area contributed by atoms with Crippen molar-refractivity contribution in [2.75, 3.05) is 0 Å². The van der Waals surface area contributed by atoms with E-state index in [9.17, 15) is 4.39 Å². The van der Waals surface area contributed by atoms with Crippen molar-refractivity contribution in [2.45, 2.75) is 26.4 Å². The van der Waals surface area contributed by atoms with Gasteiger partial charge in [-0.1, -0.05) is 38.1 Å². The average molecular weight is 323 g/mol. The van der Waals surface area contributed by atoms with Crippen LogP contribution in [0.2, 0.25) is 0 Å². The number of hydrogen-bond donors (Lipinski definition) is 0. The summed E-state index contributed by atoms with van der Waals surface area (Å²) in [7, 11) is 0. The van der Waals surface area contributed by atoms with Gasteiger partial charge in [-0.2, -0.15) is 0 Å². The normalized spacial score (nSPS) is 10.8. The molecule has 3 heteroatoms. The zero-order chi connectivity index (χ0) is 13.8. The molecule has 0 aliphatic heterocycles. The van der Waals surface area contributed by atoms with Gasteiger partial charge < -0.3 is 4.74 Å². The maximum atomic E-state index is 13.1. The highest BCUT2D eigenvalue weighted by Crippen LogP contribution is 2.22. The quantitative estimate of drug-likeness (QED) is 0.743. The molecule has 0 N–H and O–H groups in total. The summed E-state index contributed by atoms with van der Waals surface area (Å²) < 4.78 is 19.1. The lowest BCUT2D eigenvalue weighted by Crippen LogP contribution is -1.96. The van der Waals surface area contributed by atoms with Crippen molar-refractivity contribution in [3.63, 3.8) is 0 Å². The molecule has 0 unspecified atom stereocenters. The number of ether oxygens (including phenoxy) is 1. The van der Waals surface area contributed by atoms with Crippen LogP contribution in [0.15, 0.2) is 46.9 Å². The van der Waals surface area contributed by atoms with E-state index in [2.05, 4.69) is 54.0 Å². The number of hydrogen-bond acceptors (Lipinski definition) is 1. The van der Waals surface area contributed by atoms with Gasteiger partial charge in [-0.15, -0.1) is 0 Å². The summed E-state index contributed by atoms with van der Waals surface area (Å²) >= 11 is 3.14. The summed E-state index contributed by atoms with van der Waals surface area (Å²) in [6, 6.07) is 13.0. The average Bonchev–Trinajstić information content (AvgIpc) is 2.40. The highest BCUT2D eigenvalue weighted by atomic mass is 79.9. The highest BCUT2D eigenvalue weighted by molar-refractivity contribution is 9.10. The van der Waals surface area contributed by atoms with E-state index in [0.717, 1.165) is 5.56 Å². The highest BCUT2D eigenvalue weighted by Gasteiger charge is 2.03. The van der Waals surface area contributed by atoms with Crippen LogP contribution in [0, 0.1) is 5.82 Å². The Hall–Kier alpha value is -1.35. The minimum absolute atomic E-state index is 0.284. The van der Waals surface area contributed by atoms with Gasteiger partial charge >= 0.3 is 0 Å². The molecular weight excluding hydrogens is 307 g/mol. The van der Waals surface area contributed by atoms with Crippen LogP contribution < -0.4 is 4.74 Å². The molecule has 0 bridgehead atoms. The molecule has 0 aliphatic rings. The van der Waals surface area contributed by atoms with E-state index in [1.165, 1.54) is 11.6 Å². The lowest BCUT2D eigenvalue weighted by Gasteiger charge is -2.09. The Bertz CT molecular complexity index is 549. The van der Waals surface area contributed by atoms with Crippen molar-refractivity contribution in [2.24, 2.45) is 0 Å². The van der Waals surface area contributed by atoms with Gasteiger partial charge in [0.1, 0.15) is 18.2 Å². The van der Waals surface area contributed by atoms with E-state index in [1.54, 1.807) is 12.1 Å².